The van der Waals surface area contributed by atoms with E-state index < -0.39 is 0 Å². The summed E-state index contributed by atoms with van der Waals surface area (Å²) < 4.78 is 5.27. The third-order valence-corrected chi connectivity index (χ3v) is 3.22. The summed E-state index contributed by atoms with van der Waals surface area (Å²) >= 11 is 0. The van der Waals surface area contributed by atoms with Gasteiger partial charge < -0.3 is 15.4 Å². The lowest BCUT2D eigenvalue weighted by Crippen LogP contribution is -2.12. The summed E-state index contributed by atoms with van der Waals surface area (Å²) in [5.41, 5.74) is 9.51. The molecule has 0 bridgehead atoms. The Morgan fingerprint density at radius 3 is 2.47 bits per heavy atom. The van der Waals surface area contributed by atoms with Crippen LogP contribution >= 0.6 is 0 Å². The Balaban J connectivity index is 2.35. The number of aromatic nitrogens is 1. The molecule has 0 aliphatic rings. The van der Waals surface area contributed by atoms with Crippen LogP contribution in [0.2, 0.25) is 0 Å². The van der Waals surface area contributed by atoms with Gasteiger partial charge >= 0.3 is 0 Å². The monoisotopic (exact) mass is 257 g/mol. The van der Waals surface area contributed by atoms with Crippen molar-refractivity contribution in [3.05, 3.63) is 41.6 Å². The number of aryl methyl sites for hydroxylation is 2. The molecule has 100 valence electrons. The van der Waals surface area contributed by atoms with Gasteiger partial charge in [-0.2, -0.15) is 0 Å². The minimum Gasteiger partial charge on any atom is -0.496 e. The molecule has 0 unspecified atom stereocenters. The molecule has 0 fully saturated rings. The minimum atomic E-state index is 0.711. The predicted octanol–water partition coefficient (Wildman–Crippen LogP) is 3.06. The molecule has 0 aliphatic heterocycles. The van der Waals surface area contributed by atoms with Crippen molar-refractivity contribution in [2.24, 2.45) is 0 Å². The van der Waals surface area contributed by atoms with Crippen molar-refractivity contribution in [3.63, 3.8) is 0 Å². The fourth-order valence-corrected chi connectivity index (χ4v) is 1.95. The summed E-state index contributed by atoms with van der Waals surface area (Å²) in [6.45, 7) is 3.93. The van der Waals surface area contributed by atoms with Crippen LogP contribution in [0.15, 0.2) is 30.3 Å². The van der Waals surface area contributed by atoms with Gasteiger partial charge in [0.25, 0.3) is 0 Å². The van der Waals surface area contributed by atoms with Crippen molar-refractivity contribution in [1.29, 1.82) is 0 Å². The summed E-state index contributed by atoms with van der Waals surface area (Å²) in [6.07, 6.45) is 0. The highest BCUT2D eigenvalue weighted by molar-refractivity contribution is 5.63. The molecule has 0 amide bonds. The van der Waals surface area contributed by atoms with Crippen molar-refractivity contribution >= 4 is 17.2 Å². The van der Waals surface area contributed by atoms with Crippen molar-refractivity contribution < 1.29 is 4.74 Å². The molecule has 0 radical (unpaired) electrons. The first kappa shape index (κ1) is 13.2. The Kier molecular flexibility index (Phi) is 3.60. The molecule has 2 N–H and O–H groups in total. The van der Waals surface area contributed by atoms with E-state index in [2.05, 4.69) is 11.1 Å². The number of anilines is 3. The Bertz CT molecular complexity index is 596. The second-order valence-electron chi connectivity index (χ2n) is 4.56. The van der Waals surface area contributed by atoms with Crippen LogP contribution in [0.3, 0.4) is 0 Å². The van der Waals surface area contributed by atoms with E-state index in [0.29, 0.717) is 5.69 Å². The van der Waals surface area contributed by atoms with Crippen LogP contribution in [0.4, 0.5) is 17.2 Å². The number of ether oxygens (including phenoxy) is 1. The third-order valence-electron chi connectivity index (χ3n) is 3.22. The number of nitrogens with zero attached hydrogens (tertiary/aromatic N) is 2. The largest absolute Gasteiger partial charge is 0.496 e. The number of methoxy groups -OCH3 is 1. The Hall–Kier alpha value is -2.23. The molecule has 19 heavy (non-hydrogen) atoms. The number of rotatable bonds is 3. The average molecular weight is 257 g/mol. The SMILES string of the molecule is COc1ccc(N(C)c2ccc(N)c(C)n2)cc1C. The highest BCUT2D eigenvalue weighted by atomic mass is 16.5. The second kappa shape index (κ2) is 5.18. The maximum absolute atomic E-state index is 5.79. The standard InChI is InChI=1S/C15H19N3O/c1-10-9-12(5-7-14(10)19-4)18(3)15-8-6-13(16)11(2)17-15/h5-9H,16H2,1-4H3. The Morgan fingerprint density at radius 1 is 1.16 bits per heavy atom. The fourth-order valence-electron chi connectivity index (χ4n) is 1.95. The lowest BCUT2D eigenvalue weighted by molar-refractivity contribution is 0.412. The molecule has 0 spiro atoms. The predicted molar refractivity (Wildman–Crippen MR) is 79.2 cm³/mol. The van der Waals surface area contributed by atoms with Crippen molar-refractivity contribution in [2.75, 3.05) is 24.8 Å². The molecule has 4 nitrogen and oxygen atoms in total. The van der Waals surface area contributed by atoms with Crippen LogP contribution in [-0.2, 0) is 0 Å². The normalized spacial score (nSPS) is 10.3. The summed E-state index contributed by atoms with van der Waals surface area (Å²) in [6, 6.07) is 9.85. The number of hydrogen-bond acceptors (Lipinski definition) is 4. The molecule has 0 saturated heterocycles. The zero-order valence-corrected chi connectivity index (χ0v) is 11.8. The van der Waals surface area contributed by atoms with Crippen LogP contribution in [-0.4, -0.2) is 19.1 Å². The van der Waals surface area contributed by atoms with E-state index in [4.69, 9.17) is 10.5 Å². The Labute approximate surface area is 113 Å². The van der Waals surface area contributed by atoms with Crippen molar-refractivity contribution in [2.45, 2.75) is 13.8 Å². The van der Waals surface area contributed by atoms with E-state index in [1.807, 2.05) is 50.1 Å². The molecule has 1 aromatic carbocycles. The Morgan fingerprint density at radius 2 is 1.89 bits per heavy atom. The van der Waals surface area contributed by atoms with E-state index in [0.717, 1.165) is 28.5 Å². The molecule has 0 saturated carbocycles. The molecule has 1 heterocycles. The number of benzene rings is 1. The topological polar surface area (TPSA) is 51.4 Å². The van der Waals surface area contributed by atoms with Gasteiger partial charge in [-0.1, -0.05) is 0 Å². The average Bonchev–Trinajstić information content (AvgIpc) is 2.41. The van der Waals surface area contributed by atoms with Gasteiger partial charge in [-0.15, -0.1) is 0 Å². The van der Waals surface area contributed by atoms with E-state index >= 15 is 0 Å². The number of nitrogen functional groups attached to an aromatic ring is 1. The fraction of sp³-hybridized carbons (Fsp3) is 0.267. The molecule has 2 rings (SSSR count). The van der Waals surface area contributed by atoms with Crippen LogP contribution < -0.4 is 15.4 Å². The zero-order valence-electron chi connectivity index (χ0n) is 11.8. The molecule has 0 aliphatic carbocycles. The van der Waals surface area contributed by atoms with Gasteiger partial charge in [0, 0.05) is 12.7 Å². The van der Waals surface area contributed by atoms with Gasteiger partial charge in [0.1, 0.15) is 11.6 Å². The molecular weight excluding hydrogens is 238 g/mol. The molecular formula is C15H19N3O. The van der Waals surface area contributed by atoms with Crippen molar-refractivity contribution in [3.8, 4) is 5.75 Å². The van der Waals surface area contributed by atoms with Crippen LogP contribution in [0.1, 0.15) is 11.3 Å². The van der Waals surface area contributed by atoms with Crippen LogP contribution in [0, 0.1) is 13.8 Å². The number of hydrogen-bond donors (Lipinski definition) is 1. The lowest BCUT2D eigenvalue weighted by Gasteiger charge is -2.20. The third kappa shape index (κ3) is 2.62. The molecule has 2 aromatic rings. The van der Waals surface area contributed by atoms with E-state index in [1.165, 1.54) is 0 Å². The lowest BCUT2D eigenvalue weighted by atomic mass is 10.2. The maximum Gasteiger partial charge on any atom is 0.133 e. The summed E-state index contributed by atoms with van der Waals surface area (Å²) in [7, 11) is 3.66. The van der Waals surface area contributed by atoms with Gasteiger partial charge in [-0.25, -0.2) is 4.98 Å². The first-order chi connectivity index (χ1) is 9.02. The van der Waals surface area contributed by atoms with Gasteiger partial charge in [0.2, 0.25) is 0 Å². The van der Waals surface area contributed by atoms with Gasteiger partial charge in [0.05, 0.1) is 18.5 Å². The number of pyridine rings is 1. The summed E-state index contributed by atoms with van der Waals surface area (Å²) in [4.78, 5) is 6.52. The maximum atomic E-state index is 5.79. The summed E-state index contributed by atoms with van der Waals surface area (Å²) in [5.74, 6) is 1.76. The smallest absolute Gasteiger partial charge is 0.133 e. The van der Waals surface area contributed by atoms with Crippen molar-refractivity contribution in [1.82, 2.24) is 4.98 Å². The van der Waals surface area contributed by atoms with Crippen LogP contribution in [0.5, 0.6) is 5.75 Å². The van der Waals surface area contributed by atoms with E-state index in [-0.39, 0.29) is 0 Å². The second-order valence-corrected chi connectivity index (χ2v) is 4.56. The highest BCUT2D eigenvalue weighted by Gasteiger charge is 2.08. The van der Waals surface area contributed by atoms with Gasteiger partial charge in [-0.05, 0) is 49.7 Å². The first-order valence-corrected chi connectivity index (χ1v) is 6.14. The van der Waals surface area contributed by atoms with Crippen LogP contribution in [0.25, 0.3) is 0 Å². The van der Waals surface area contributed by atoms with E-state index in [1.54, 1.807) is 7.11 Å². The zero-order chi connectivity index (χ0) is 14.0. The number of nitrogens with two attached hydrogens (primary N) is 1. The van der Waals surface area contributed by atoms with Gasteiger partial charge in [0.15, 0.2) is 0 Å². The molecule has 1 aromatic heterocycles. The molecule has 4 heteroatoms. The van der Waals surface area contributed by atoms with Gasteiger partial charge in [-0.3, -0.25) is 0 Å². The highest BCUT2D eigenvalue weighted by Crippen LogP contribution is 2.28. The molecule has 0 atom stereocenters. The minimum absolute atomic E-state index is 0.711. The van der Waals surface area contributed by atoms with E-state index in [9.17, 15) is 0 Å². The summed E-state index contributed by atoms with van der Waals surface area (Å²) in [5, 5.41) is 0. The quantitative estimate of drug-likeness (QED) is 0.918. The first-order valence-electron chi connectivity index (χ1n) is 6.14.